The van der Waals surface area contributed by atoms with Crippen molar-refractivity contribution in [3.8, 4) is 0 Å². The second kappa shape index (κ2) is 6.86. The number of nitrogens with two attached hydrogens (primary N) is 1. The number of carbonyl (C=O) groups excluding carboxylic acids is 1. The number of primary amides is 1. The number of rotatable bonds is 5. The first kappa shape index (κ1) is 15.0. The first-order valence-corrected chi connectivity index (χ1v) is 7.35. The molecule has 0 unspecified atom stereocenters. The van der Waals surface area contributed by atoms with Gasteiger partial charge in [-0.15, -0.1) is 0 Å². The molecule has 0 bridgehead atoms. The summed E-state index contributed by atoms with van der Waals surface area (Å²) in [5, 5.41) is 3.36. The lowest BCUT2D eigenvalue weighted by Gasteiger charge is -2.34. The molecule has 1 aromatic rings. The van der Waals surface area contributed by atoms with Crippen molar-refractivity contribution in [1.29, 1.82) is 0 Å². The van der Waals surface area contributed by atoms with Gasteiger partial charge in [0.25, 0.3) is 0 Å². The summed E-state index contributed by atoms with van der Waals surface area (Å²) in [6, 6.07) is 6.94. The standard InChI is InChI=1S/C16H25N3O/c1-12-3-4-13(2)14(9-12)10-19(11-16(17)20)15-5-7-18-8-6-15/h3-4,9,15,18H,5-8,10-11H2,1-2H3,(H2,17,20). The van der Waals surface area contributed by atoms with E-state index >= 15 is 0 Å². The van der Waals surface area contributed by atoms with E-state index in [0.29, 0.717) is 12.6 Å². The fourth-order valence-corrected chi connectivity index (χ4v) is 2.88. The van der Waals surface area contributed by atoms with Gasteiger partial charge in [-0.1, -0.05) is 23.8 Å². The molecule has 2 rings (SSSR count). The van der Waals surface area contributed by atoms with E-state index in [2.05, 4.69) is 42.3 Å². The number of hydrogen-bond donors (Lipinski definition) is 2. The van der Waals surface area contributed by atoms with Crippen molar-refractivity contribution in [2.45, 2.75) is 39.3 Å². The van der Waals surface area contributed by atoms with Crippen LogP contribution in [0.4, 0.5) is 0 Å². The number of benzene rings is 1. The molecular formula is C16H25N3O. The lowest BCUT2D eigenvalue weighted by atomic mass is 10.0. The van der Waals surface area contributed by atoms with Gasteiger partial charge in [0.2, 0.25) is 5.91 Å². The van der Waals surface area contributed by atoms with E-state index in [9.17, 15) is 4.79 Å². The summed E-state index contributed by atoms with van der Waals surface area (Å²) in [7, 11) is 0. The van der Waals surface area contributed by atoms with E-state index < -0.39 is 0 Å². The smallest absolute Gasteiger partial charge is 0.231 e. The molecule has 0 saturated carbocycles. The maximum atomic E-state index is 11.4. The minimum absolute atomic E-state index is 0.242. The van der Waals surface area contributed by atoms with Crippen molar-refractivity contribution in [2.24, 2.45) is 5.73 Å². The number of aryl methyl sites for hydroxylation is 2. The van der Waals surface area contributed by atoms with Gasteiger partial charge in [-0.25, -0.2) is 0 Å². The van der Waals surface area contributed by atoms with Crippen LogP contribution in [0.1, 0.15) is 29.5 Å². The van der Waals surface area contributed by atoms with E-state index in [1.807, 2.05) is 0 Å². The monoisotopic (exact) mass is 275 g/mol. The Labute approximate surface area is 121 Å². The molecule has 0 radical (unpaired) electrons. The molecule has 4 nitrogen and oxygen atoms in total. The van der Waals surface area contributed by atoms with Crippen LogP contribution in [0.2, 0.25) is 0 Å². The topological polar surface area (TPSA) is 58.4 Å². The predicted molar refractivity (Wildman–Crippen MR) is 81.4 cm³/mol. The van der Waals surface area contributed by atoms with Crippen molar-refractivity contribution >= 4 is 5.91 Å². The van der Waals surface area contributed by atoms with Gasteiger partial charge in [0, 0.05) is 12.6 Å². The molecule has 4 heteroatoms. The largest absolute Gasteiger partial charge is 0.369 e. The molecule has 1 fully saturated rings. The minimum Gasteiger partial charge on any atom is -0.369 e. The molecule has 1 aliphatic rings. The fourth-order valence-electron chi connectivity index (χ4n) is 2.88. The average Bonchev–Trinajstić information content (AvgIpc) is 2.42. The van der Waals surface area contributed by atoms with Gasteiger partial charge in [0.15, 0.2) is 0 Å². The quantitative estimate of drug-likeness (QED) is 0.852. The Morgan fingerprint density at radius 2 is 2.05 bits per heavy atom. The maximum Gasteiger partial charge on any atom is 0.231 e. The molecule has 0 atom stereocenters. The molecule has 20 heavy (non-hydrogen) atoms. The minimum atomic E-state index is -0.242. The van der Waals surface area contributed by atoms with Gasteiger partial charge in [0.1, 0.15) is 0 Å². The Balaban J connectivity index is 2.13. The third-order valence-corrected chi connectivity index (χ3v) is 4.06. The van der Waals surface area contributed by atoms with Crippen LogP contribution < -0.4 is 11.1 Å². The lowest BCUT2D eigenvalue weighted by Crippen LogP contribution is -2.46. The number of carbonyl (C=O) groups is 1. The Kier molecular flexibility index (Phi) is 5.15. The summed E-state index contributed by atoms with van der Waals surface area (Å²) in [5.41, 5.74) is 9.26. The second-order valence-corrected chi connectivity index (χ2v) is 5.78. The number of nitrogens with zero attached hydrogens (tertiary/aromatic N) is 1. The number of hydrogen-bond acceptors (Lipinski definition) is 3. The van der Waals surface area contributed by atoms with Crippen molar-refractivity contribution in [2.75, 3.05) is 19.6 Å². The second-order valence-electron chi connectivity index (χ2n) is 5.78. The molecule has 0 aliphatic carbocycles. The normalized spacial score (nSPS) is 16.6. The zero-order valence-corrected chi connectivity index (χ0v) is 12.5. The molecule has 110 valence electrons. The van der Waals surface area contributed by atoms with Gasteiger partial charge in [-0.3, -0.25) is 9.69 Å². The van der Waals surface area contributed by atoms with E-state index in [4.69, 9.17) is 5.73 Å². The lowest BCUT2D eigenvalue weighted by molar-refractivity contribution is -0.120. The molecule has 1 aliphatic heterocycles. The highest BCUT2D eigenvalue weighted by atomic mass is 16.1. The summed E-state index contributed by atoms with van der Waals surface area (Å²) >= 11 is 0. The molecule has 0 aromatic heterocycles. The van der Waals surface area contributed by atoms with E-state index in [1.165, 1.54) is 16.7 Å². The summed E-state index contributed by atoms with van der Waals surface area (Å²) in [5.74, 6) is -0.242. The Bertz CT molecular complexity index is 467. The SMILES string of the molecule is Cc1ccc(C)c(CN(CC(N)=O)C2CCNCC2)c1. The fraction of sp³-hybridized carbons (Fsp3) is 0.562. The molecular weight excluding hydrogens is 250 g/mol. The van der Waals surface area contributed by atoms with Crippen molar-refractivity contribution < 1.29 is 4.79 Å². The molecule has 3 N–H and O–H groups in total. The van der Waals surface area contributed by atoms with Crippen LogP contribution in [0, 0.1) is 13.8 Å². The molecule has 1 saturated heterocycles. The van der Waals surface area contributed by atoms with Crippen molar-refractivity contribution in [3.05, 3.63) is 34.9 Å². The van der Waals surface area contributed by atoms with Gasteiger partial charge in [-0.05, 0) is 50.9 Å². The van der Waals surface area contributed by atoms with Crippen LogP contribution in [-0.2, 0) is 11.3 Å². The molecule has 1 aromatic carbocycles. The van der Waals surface area contributed by atoms with Crippen molar-refractivity contribution in [1.82, 2.24) is 10.2 Å². The van der Waals surface area contributed by atoms with Crippen LogP contribution in [0.15, 0.2) is 18.2 Å². The van der Waals surface area contributed by atoms with Crippen LogP contribution in [0.5, 0.6) is 0 Å². The highest BCUT2D eigenvalue weighted by molar-refractivity contribution is 5.76. The van der Waals surface area contributed by atoms with Gasteiger partial charge in [-0.2, -0.15) is 0 Å². The van der Waals surface area contributed by atoms with Crippen LogP contribution in [0.3, 0.4) is 0 Å². The third-order valence-electron chi connectivity index (χ3n) is 4.06. The first-order chi connectivity index (χ1) is 9.56. The van der Waals surface area contributed by atoms with E-state index in [0.717, 1.165) is 32.5 Å². The zero-order valence-electron chi connectivity index (χ0n) is 12.5. The van der Waals surface area contributed by atoms with E-state index in [-0.39, 0.29) is 5.91 Å². The van der Waals surface area contributed by atoms with Crippen molar-refractivity contribution in [3.63, 3.8) is 0 Å². The Morgan fingerprint density at radius 1 is 1.35 bits per heavy atom. The van der Waals surface area contributed by atoms with Gasteiger partial charge in [0.05, 0.1) is 6.54 Å². The highest BCUT2D eigenvalue weighted by Crippen LogP contribution is 2.18. The number of nitrogens with one attached hydrogen (secondary N) is 1. The molecule has 1 heterocycles. The third kappa shape index (κ3) is 4.05. The average molecular weight is 275 g/mol. The van der Waals surface area contributed by atoms with Crippen LogP contribution in [-0.4, -0.2) is 36.5 Å². The summed E-state index contributed by atoms with van der Waals surface area (Å²) in [6.45, 7) is 7.42. The summed E-state index contributed by atoms with van der Waals surface area (Å²) in [4.78, 5) is 13.6. The Hall–Kier alpha value is -1.39. The number of amides is 1. The molecule has 1 amide bonds. The molecule has 0 spiro atoms. The highest BCUT2D eigenvalue weighted by Gasteiger charge is 2.22. The van der Waals surface area contributed by atoms with Gasteiger partial charge < -0.3 is 11.1 Å². The number of piperidine rings is 1. The van der Waals surface area contributed by atoms with Crippen LogP contribution in [0.25, 0.3) is 0 Å². The summed E-state index contributed by atoms with van der Waals surface area (Å²) < 4.78 is 0. The zero-order chi connectivity index (χ0) is 14.5. The Morgan fingerprint density at radius 3 is 2.70 bits per heavy atom. The van der Waals surface area contributed by atoms with Crippen LogP contribution >= 0.6 is 0 Å². The van der Waals surface area contributed by atoms with Gasteiger partial charge >= 0.3 is 0 Å². The van der Waals surface area contributed by atoms with E-state index in [1.54, 1.807) is 0 Å². The first-order valence-electron chi connectivity index (χ1n) is 7.35. The summed E-state index contributed by atoms with van der Waals surface area (Å²) in [6.07, 6.45) is 2.16. The maximum absolute atomic E-state index is 11.4. The predicted octanol–water partition coefficient (Wildman–Crippen LogP) is 1.34.